The highest BCUT2D eigenvalue weighted by Gasteiger charge is 2.16. The highest BCUT2D eigenvalue weighted by molar-refractivity contribution is 8.00. The van der Waals surface area contributed by atoms with Crippen molar-refractivity contribution < 1.29 is 4.74 Å². The summed E-state index contributed by atoms with van der Waals surface area (Å²) in [5.74, 6) is 1.33. The Labute approximate surface area is 183 Å². The minimum absolute atomic E-state index is 0.136. The standard InChI is InChI=1S/C21H21ClN6OS/c1-13(2)30-17-7-5-4-6-16(17)23-19-18-20(25-21(22)24-19)28(27-26-18)12-14-8-10-15(29-3)11-9-14/h4-11,13H,12H2,1-3H3,(H,23,24,25). The molecule has 0 saturated heterocycles. The van der Waals surface area contributed by atoms with Crippen LogP contribution in [0, 0.1) is 0 Å². The van der Waals surface area contributed by atoms with Gasteiger partial charge < -0.3 is 10.1 Å². The zero-order chi connectivity index (χ0) is 21.1. The first kappa shape index (κ1) is 20.4. The normalized spacial score (nSPS) is 11.2. The number of hydrogen-bond acceptors (Lipinski definition) is 7. The van der Waals surface area contributed by atoms with E-state index in [0.29, 0.717) is 28.8 Å². The number of fused-ring (bicyclic) bond motifs is 1. The van der Waals surface area contributed by atoms with Crippen molar-refractivity contribution in [2.75, 3.05) is 12.4 Å². The van der Waals surface area contributed by atoms with Crippen molar-refractivity contribution >= 4 is 46.0 Å². The van der Waals surface area contributed by atoms with Gasteiger partial charge in [0, 0.05) is 10.1 Å². The molecular weight excluding hydrogens is 420 g/mol. The van der Waals surface area contributed by atoms with Crippen molar-refractivity contribution in [2.24, 2.45) is 0 Å². The van der Waals surface area contributed by atoms with Crippen LogP contribution in [0.3, 0.4) is 0 Å². The molecule has 2 aromatic carbocycles. The molecule has 0 bridgehead atoms. The van der Waals surface area contributed by atoms with Gasteiger partial charge in [-0.2, -0.15) is 9.97 Å². The summed E-state index contributed by atoms with van der Waals surface area (Å²) in [7, 11) is 1.64. The van der Waals surface area contributed by atoms with Gasteiger partial charge in [-0.25, -0.2) is 4.68 Å². The number of benzene rings is 2. The van der Waals surface area contributed by atoms with E-state index in [1.165, 1.54) is 0 Å². The van der Waals surface area contributed by atoms with E-state index < -0.39 is 0 Å². The van der Waals surface area contributed by atoms with Crippen LogP contribution < -0.4 is 10.1 Å². The Morgan fingerprint density at radius 2 is 1.87 bits per heavy atom. The molecule has 0 unspecified atom stereocenters. The van der Waals surface area contributed by atoms with Crippen molar-refractivity contribution in [3.8, 4) is 5.75 Å². The van der Waals surface area contributed by atoms with Crippen LogP contribution in [0.25, 0.3) is 11.2 Å². The molecule has 9 heteroatoms. The number of aromatic nitrogens is 5. The zero-order valence-corrected chi connectivity index (χ0v) is 18.4. The first-order chi connectivity index (χ1) is 14.5. The Morgan fingerprint density at radius 1 is 1.10 bits per heavy atom. The van der Waals surface area contributed by atoms with E-state index in [2.05, 4.69) is 45.5 Å². The van der Waals surface area contributed by atoms with Gasteiger partial charge in [-0.15, -0.1) is 16.9 Å². The number of nitrogens with one attached hydrogen (secondary N) is 1. The molecule has 1 N–H and O–H groups in total. The Morgan fingerprint density at radius 3 is 2.60 bits per heavy atom. The molecule has 0 fully saturated rings. The number of para-hydroxylation sites is 1. The summed E-state index contributed by atoms with van der Waals surface area (Å²) < 4.78 is 6.93. The molecule has 30 heavy (non-hydrogen) atoms. The Bertz CT molecular complexity index is 1160. The van der Waals surface area contributed by atoms with E-state index in [-0.39, 0.29) is 5.28 Å². The Balaban J connectivity index is 1.67. The first-order valence-corrected chi connectivity index (χ1v) is 10.7. The van der Waals surface area contributed by atoms with E-state index in [0.717, 1.165) is 21.9 Å². The zero-order valence-electron chi connectivity index (χ0n) is 16.8. The highest BCUT2D eigenvalue weighted by Crippen LogP contribution is 2.33. The predicted octanol–water partition coefficient (Wildman–Crippen LogP) is 5.18. The maximum Gasteiger partial charge on any atom is 0.226 e. The van der Waals surface area contributed by atoms with Crippen molar-refractivity contribution in [3.63, 3.8) is 0 Å². The van der Waals surface area contributed by atoms with E-state index in [1.807, 2.05) is 42.5 Å². The number of thioether (sulfide) groups is 1. The summed E-state index contributed by atoms with van der Waals surface area (Å²) in [5, 5.41) is 12.5. The van der Waals surface area contributed by atoms with Crippen molar-refractivity contribution in [3.05, 3.63) is 59.4 Å². The second-order valence-corrected chi connectivity index (χ2v) is 8.85. The molecule has 4 rings (SSSR count). The van der Waals surface area contributed by atoms with Gasteiger partial charge in [0.25, 0.3) is 0 Å². The number of methoxy groups -OCH3 is 1. The number of halogens is 1. The van der Waals surface area contributed by atoms with Crippen LogP contribution >= 0.6 is 23.4 Å². The van der Waals surface area contributed by atoms with Gasteiger partial charge in [-0.1, -0.05) is 43.3 Å². The van der Waals surface area contributed by atoms with E-state index in [9.17, 15) is 0 Å². The highest BCUT2D eigenvalue weighted by atomic mass is 35.5. The summed E-state index contributed by atoms with van der Waals surface area (Å²) in [6.07, 6.45) is 0. The van der Waals surface area contributed by atoms with Gasteiger partial charge >= 0.3 is 0 Å². The van der Waals surface area contributed by atoms with E-state index >= 15 is 0 Å². The van der Waals surface area contributed by atoms with Gasteiger partial charge in [-0.3, -0.25) is 0 Å². The Hall–Kier alpha value is -2.84. The molecule has 7 nitrogen and oxygen atoms in total. The summed E-state index contributed by atoms with van der Waals surface area (Å²) >= 11 is 8.01. The molecule has 0 atom stereocenters. The first-order valence-electron chi connectivity index (χ1n) is 9.46. The molecule has 0 aliphatic rings. The third kappa shape index (κ3) is 4.49. The minimum Gasteiger partial charge on any atom is -0.497 e. The predicted molar refractivity (Wildman–Crippen MR) is 121 cm³/mol. The summed E-state index contributed by atoms with van der Waals surface area (Å²) in [5.41, 5.74) is 3.13. The van der Waals surface area contributed by atoms with Gasteiger partial charge in [0.05, 0.1) is 19.3 Å². The van der Waals surface area contributed by atoms with Crippen LogP contribution in [0.2, 0.25) is 5.28 Å². The lowest BCUT2D eigenvalue weighted by molar-refractivity contribution is 0.414. The fraction of sp³-hybridized carbons (Fsp3) is 0.238. The number of rotatable bonds is 7. The number of anilines is 2. The molecule has 0 aliphatic carbocycles. The third-order valence-corrected chi connectivity index (χ3v) is 5.58. The lowest BCUT2D eigenvalue weighted by Crippen LogP contribution is -2.04. The molecule has 4 aromatic rings. The van der Waals surface area contributed by atoms with Crippen molar-refractivity contribution in [1.82, 2.24) is 25.0 Å². The average Bonchev–Trinajstić information content (AvgIpc) is 3.12. The third-order valence-electron chi connectivity index (χ3n) is 4.33. The largest absolute Gasteiger partial charge is 0.497 e. The van der Waals surface area contributed by atoms with Crippen LogP contribution in [0.15, 0.2) is 53.4 Å². The topological polar surface area (TPSA) is 77.8 Å². The molecule has 2 heterocycles. The fourth-order valence-corrected chi connectivity index (χ4v) is 4.06. The van der Waals surface area contributed by atoms with Crippen LogP contribution in [0.5, 0.6) is 5.75 Å². The lowest BCUT2D eigenvalue weighted by Gasteiger charge is -2.13. The number of hydrogen-bond donors (Lipinski definition) is 1. The van der Waals surface area contributed by atoms with Crippen LogP contribution in [0.1, 0.15) is 19.4 Å². The monoisotopic (exact) mass is 440 g/mol. The van der Waals surface area contributed by atoms with E-state index in [1.54, 1.807) is 23.6 Å². The summed E-state index contributed by atoms with van der Waals surface area (Å²) in [6.45, 7) is 4.82. The maximum absolute atomic E-state index is 6.23. The quantitative estimate of drug-likeness (QED) is 0.313. The van der Waals surface area contributed by atoms with Crippen molar-refractivity contribution in [2.45, 2.75) is 30.5 Å². The minimum atomic E-state index is 0.136. The van der Waals surface area contributed by atoms with Crippen LogP contribution in [0.4, 0.5) is 11.5 Å². The molecule has 0 saturated carbocycles. The fourth-order valence-electron chi connectivity index (χ4n) is 2.98. The van der Waals surface area contributed by atoms with Crippen molar-refractivity contribution in [1.29, 1.82) is 0 Å². The SMILES string of the molecule is COc1ccc(Cn2nnc3c(Nc4ccccc4SC(C)C)nc(Cl)nc32)cc1. The summed E-state index contributed by atoms with van der Waals surface area (Å²) in [4.78, 5) is 9.85. The Kier molecular flexibility index (Phi) is 6.06. The maximum atomic E-state index is 6.23. The van der Waals surface area contributed by atoms with E-state index in [4.69, 9.17) is 16.3 Å². The molecule has 0 amide bonds. The van der Waals surface area contributed by atoms with Gasteiger partial charge in [-0.05, 0) is 41.4 Å². The molecule has 0 spiro atoms. The van der Waals surface area contributed by atoms with Gasteiger partial charge in [0.2, 0.25) is 5.28 Å². The molecule has 2 aromatic heterocycles. The number of nitrogens with zero attached hydrogens (tertiary/aromatic N) is 5. The second kappa shape index (κ2) is 8.89. The molecule has 0 aliphatic heterocycles. The summed E-state index contributed by atoms with van der Waals surface area (Å²) in [6, 6.07) is 15.9. The molecule has 154 valence electrons. The molecular formula is C21H21ClN6OS. The second-order valence-electron chi connectivity index (χ2n) is 6.90. The lowest BCUT2D eigenvalue weighted by atomic mass is 10.2. The van der Waals surface area contributed by atoms with Gasteiger partial charge in [0.1, 0.15) is 5.75 Å². The average molecular weight is 441 g/mol. The van der Waals surface area contributed by atoms with Crippen LogP contribution in [-0.4, -0.2) is 37.3 Å². The number of ether oxygens (including phenoxy) is 1. The van der Waals surface area contributed by atoms with Gasteiger partial charge in [0.15, 0.2) is 17.0 Å². The smallest absolute Gasteiger partial charge is 0.226 e. The van der Waals surface area contributed by atoms with Crippen LogP contribution in [-0.2, 0) is 6.54 Å². The molecule has 0 radical (unpaired) electrons.